The second kappa shape index (κ2) is 6.09. The van der Waals surface area contributed by atoms with Gasteiger partial charge in [-0.05, 0) is 34.1 Å². The number of hydrogen-bond acceptors (Lipinski definition) is 3. The highest BCUT2D eigenvalue weighted by molar-refractivity contribution is 9.10. The summed E-state index contributed by atoms with van der Waals surface area (Å²) in [6.07, 6.45) is 0. The fourth-order valence-corrected chi connectivity index (χ4v) is 1.95. The largest absolute Gasteiger partial charge is 0.507 e. The minimum atomic E-state index is -0.801. The molecule has 4 nitrogen and oxygen atoms in total. The van der Waals surface area contributed by atoms with Crippen LogP contribution in [-0.2, 0) is 0 Å². The van der Waals surface area contributed by atoms with Crippen LogP contribution in [0.3, 0.4) is 0 Å². The molecule has 21 heavy (non-hydrogen) atoms. The fourth-order valence-electron chi connectivity index (χ4n) is 1.64. The van der Waals surface area contributed by atoms with Crippen molar-refractivity contribution < 1.29 is 23.4 Å². The molecule has 0 heterocycles. The minimum absolute atomic E-state index is 0.0507. The zero-order chi connectivity index (χ0) is 15.6. The molecule has 0 aliphatic rings. The van der Waals surface area contributed by atoms with Crippen molar-refractivity contribution in [1.82, 2.24) is 0 Å². The maximum absolute atomic E-state index is 13.6. The molecule has 110 valence electrons. The monoisotopic (exact) mass is 357 g/mol. The topological polar surface area (TPSA) is 58.6 Å². The molecular weight excluding hydrogens is 348 g/mol. The van der Waals surface area contributed by atoms with Crippen LogP contribution < -0.4 is 10.1 Å². The predicted molar refractivity (Wildman–Crippen MR) is 76.7 cm³/mol. The molecule has 0 saturated heterocycles. The van der Waals surface area contributed by atoms with Crippen LogP contribution in [-0.4, -0.2) is 18.1 Å². The Bertz CT molecular complexity index is 707. The number of halogens is 3. The van der Waals surface area contributed by atoms with E-state index < -0.39 is 17.5 Å². The van der Waals surface area contributed by atoms with Crippen LogP contribution in [0.5, 0.6) is 11.5 Å². The number of carbonyl (C=O) groups is 1. The summed E-state index contributed by atoms with van der Waals surface area (Å²) in [6.45, 7) is 0. The first-order valence-electron chi connectivity index (χ1n) is 5.75. The number of nitrogens with one attached hydrogen (secondary N) is 1. The van der Waals surface area contributed by atoms with E-state index in [1.165, 1.54) is 25.3 Å². The first-order valence-corrected chi connectivity index (χ1v) is 6.54. The summed E-state index contributed by atoms with van der Waals surface area (Å²) in [5.41, 5.74) is -0.408. The van der Waals surface area contributed by atoms with Crippen molar-refractivity contribution in [2.45, 2.75) is 0 Å². The van der Waals surface area contributed by atoms with Gasteiger partial charge in [0, 0.05) is 12.1 Å². The van der Waals surface area contributed by atoms with Crippen LogP contribution in [0.25, 0.3) is 0 Å². The second-order valence-electron chi connectivity index (χ2n) is 4.08. The molecule has 0 unspecified atom stereocenters. The summed E-state index contributed by atoms with van der Waals surface area (Å²) in [7, 11) is 1.41. The van der Waals surface area contributed by atoms with Crippen molar-refractivity contribution in [2.75, 3.05) is 12.4 Å². The molecule has 2 N–H and O–H groups in total. The lowest BCUT2D eigenvalue weighted by atomic mass is 10.1. The lowest BCUT2D eigenvalue weighted by Gasteiger charge is -2.09. The predicted octanol–water partition coefficient (Wildman–Crippen LogP) is 3.69. The molecule has 0 atom stereocenters. The number of aromatic hydroxyl groups is 1. The molecule has 0 aliphatic carbocycles. The van der Waals surface area contributed by atoms with Gasteiger partial charge in [-0.25, -0.2) is 8.78 Å². The zero-order valence-electron chi connectivity index (χ0n) is 10.8. The highest BCUT2D eigenvalue weighted by atomic mass is 79.9. The number of anilines is 1. The Morgan fingerprint density at radius 1 is 1.24 bits per heavy atom. The van der Waals surface area contributed by atoms with Crippen LogP contribution in [0.1, 0.15) is 10.4 Å². The minimum Gasteiger partial charge on any atom is -0.507 e. The van der Waals surface area contributed by atoms with Crippen molar-refractivity contribution in [1.29, 1.82) is 0 Å². The quantitative estimate of drug-likeness (QED) is 0.823. The molecule has 0 bridgehead atoms. The number of phenolic OH excluding ortho intramolecular Hbond substituents is 1. The number of amides is 1. The Hall–Kier alpha value is -2.15. The van der Waals surface area contributed by atoms with E-state index in [9.17, 15) is 18.7 Å². The zero-order valence-corrected chi connectivity index (χ0v) is 12.4. The van der Waals surface area contributed by atoms with Gasteiger partial charge >= 0.3 is 0 Å². The van der Waals surface area contributed by atoms with Crippen molar-refractivity contribution in [2.24, 2.45) is 0 Å². The first kappa shape index (κ1) is 15.2. The third-order valence-corrected chi connectivity index (χ3v) is 3.32. The highest BCUT2D eigenvalue weighted by Gasteiger charge is 2.15. The number of phenols is 1. The van der Waals surface area contributed by atoms with Gasteiger partial charge < -0.3 is 15.2 Å². The molecule has 2 aromatic rings. The number of methoxy groups -OCH3 is 1. The maximum Gasteiger partial charge on any atom is 0.259 e. The molecule has 0 aliphatic heterocycles. The van der Waals surface area contributed by atoms with Gasteiger partial charge in [-0.3, -0.25) is 4.79 Å². The van der Waals surface area contributed by atoms with Gasteiger partial charge in [0.05, 0.1) is 22.8 Å². The van der Waals surface area contributed by atoms with Gasteiger partial charge in [-0.1, -0.05) is 0 Å². The van der Waals surface area contributed by atoms with E-state index in [4.69, 9.17) is 4.74 Å². The molecule has 2 aromatic carbocycles. The Kier molecular flexibility index (Phi) is 4.42. The molecule has 0 aromatic heterocycles. The molecule has 7 heteroatoms. The summed E-state index contributed by atoms with van der Waals surface area (Å²) in [5.74, 6) is -2.25. The summed E-state index contributed by atoms with van der Waals surface area (Å²) in [5, 5.41) is 11.9. The molecule has 1 amide bonds. The summed E-state index contributed by atoms with van der Waals surface area (Å²) >= 11 is 2.84. The van der Waals surface area contributed by atoms with Gasteiger partial charge in [0.15, 0.2) is 0 Å². The van der Waals surface area contributed by atoms with Crippen LogP contribution in [0.4, 0.5) is 14.5 Å². The van der Waals surface area contributed by atoms with Crippen molar-refractivity contribution in [3.05, 3.63) is 52.0 Å². The van der Waals surface area contributed by atoms with Crippen molar-refractivity contribution in [3.63, 3.8) is 0 Å². The Morgan fingerprint density at radius 2 is 1.95 bits per heavy atom. The van der Waals surface area contributed by atoms with E-state index in [-0.39, 0.29) is 21.5 Å². The van der Waals surface area contributed by atoms with E-state index in [1.54, 1.807) is 0 Å². The first-order chi connectivity index (χ1) is 9.92. The van der Waals surface area contributed by atoms with E-state index in [0.717, 1.165) is 12.1 Å². The van der Waals surface area contributed by atoms with Gasteiger partial charge in [-0.2, -0.15) is 0 Å². The summed E-state index contributed by atoms with van der Waals surface area (Å²) < 4.78 is 31.8. The van der Waals surface area contributed by atoms with E-state index in [0.29, 0.717) is 5.75 Å². The number of rotatable bonds is 3. The van der Waals surface area contributed by atoms with Crippen LogP contribution in [0.2, 0.25) is 0 Å². The lowest BCUT2D eigenvalue weighted by Crippen LogP contribution is -2.13. The molecule has 2 rings (SSSR count). The standard InChI is InChI=1S/C14H10BrF2NO3/c1-21-7-2-3-8(13(19)4-7)14(20)18-12-6-10(16)9(15)5-11(12)17/h2-6,19H,1H3,(H,18,20). The lowest BCUT2D eigenvalue weighted by molar-refractivity contribution is 0.102. The number of ether oxygens (including phenoxy) is 1. The van der Waals surface area contributed by atoms with Crippen molar-refractivity contribution in [3.8, 4) is 11.5 Å². The number of hydrogen-bond donors (Lipinski definition) is 2. The molecule has 0 fully saturated rings. The smallest absolute Gasteiger partial charge is 0.259 e. The van der Waals surface area contributed by atoms with Crippen molar-refractivity contribution >= 4 is 27.5 Å². The SMILES string of the molecule is COc1ccc(C(=O)Nc2cc(F)c(Br)cc2F)c(O)c1. The maximum atomic E-state index is 13.6. The highest BCUT2D eigenvalue weighted by Crippen LogP contribution is 2.26. The third-order valence-electron chi connectivity index (χ3n) is 2.71. The normalized spacial score (nSPS) is 10.3. The Morgan fingerprint density at radius 3 is 2.57 bits per heavy atom. The average Bonchev–Trinajstić information content (AvgIpc) is 2.44. The van der Waals surface area contributed by atoms with Gasteiger partial charge in [0.1, 0.15) is 23.1 Å². The fraction of sp³-hybridized carbons (Fsp3) is 0.0714. The molecule has 0 spiro atoms. The summed E-state index contributed by atoms with van der Waals surface area (Å²) in [4.78, 5) is 12.0. The third kappa shape index (κ3) is 3.30. The van der Waals surface area contributed by atoms with E-state index in [2.05, 4.69) is 21.2 Å². The second-order valence-corrected chi connectivity index (χ2v) is 4.94. The van der Waals surface area contributed by atoms with E-state index >= 15 is 0 Å². The molecule has 0 radical (unpaired) electrons. The van der Waals surface area contributed by atoms with Crippen LogP contribution in [0.15, 0.2) is 34.8 Å². The van der Waals surface area contributed by atoms with Gasteiger partial charge in [0.25, 0.3) is 5.91 Å². The molecule has 0 saturated carbocycles. The molecular formula is C14H10BrF2NO3. The average molecular weight is 358 g/mol. The Balaban J connectivity index is 2.28. The van der Waals surface area contributed by atoms with Crippen LogP contribution in [0, 0.1) is 11.6 Å². The van der Waals surface area contributed by atoms with Gasteiger partial charge in [0.2, 0.25) is 0 Å². The number of carbonyl (C=O) groups excluding carboxylic acids is 1. The van der Waals surface area contributed by atoms with Gasteiger partial charge in [-0.15, -0.1) is 0 Å². The van der Waals surface area contributed by atoms with Crippen LogP contribution >= 0.6 is 15.9 Å². The Labute approximate surface area is 127 Å². The number of benzene rings is 2. The summed E-state index contributed by atoms with van der Waals surface area (Å²) in [6, 6.07) is 5.77. The van der Waals surface area contributed by atoms with E-state index in [1.807, 2.05) is 0 Å².